The number of amides is 3. The lowest BCUT2D eigenvalue weighted by atomic mass is 9.87. The summed E-state index contributed by atoms with van der Waals surface area (Å²) in [5, 5.41) is 29.1. The number of fused-ring (bicyclic) bond motifs is 1. The van der Waals surface area contributed by atoms with Crippen molar-refractivity contribution in [2.24, 2.45) is 11.1 Å². The van der Waals surface area contributed by atoms with Gasteiger partial charge >= 0.3 is 23.5 Å². The average molecular weight is 896 g/mol. The van der Waals surface area contributed by atoms with E-state index >= 15 is 0 Å². The second-order valence-corrected chi connectivity index (χ2v) is 18.3. The monoisotopic (exact) mass is 895 g/mol. The number of thioether (sulfide) groups is 1. The maximum atomic E-state index is 12.6. The van der Waals surface area contributed by atoms with Gasteiger partial charge in [-0.3, -0.25) is 32.5 Å². The van der Waals surface area contributed by atoms with Crippen LogP contribution in [0.25, 0.3) is 11.2 Å². The Labute approximate surface area is 329 Å². The molecule has 2 unspecified atom stereocenters. The van der Waals surface area contributed by atoms with Crippen molar-refractivity contribution in [3.05, 3.63) is 12.7 Å². The van der Waals surface area contributed by atoms with Gasteiger partial charge in [0, 0.05) is 37.2 Å². The molecule has 0 spiro atoms. The van der Waals surface area contributed by atoms with E-state index in [0.717, 1.165) is 30.1 Å². The molecule has 1 saturated heterocycles. The molecule has 26 nitrogen and oxygen atoms in total. The fourth-order valence-electron chi connectivity index (χ4n) is 4.90. The zero-order chi connectivity index (χ0) is 42.6. The average Bonchev–Trinajstić information content (AvgIpc) is 3.68. The van der Waals surface area contributed by atoms with Crippen LogP contribution < -0.4 is 27.4 Å². The molecule has 3 amide bonds. The van der Waals surface area contributed by atoms with Gasteiger partial charge in [-0.05, 0) is 19.4 Å². The molecular formula is C27H48N9O17P3S. The first-order valence-corrected chi connectivity index (χ1v) is 22.7. The Morgan fingerprint density at radius 3 is 2.37 bits per heavy atom. The first-order valence-electron chi connectivity index (χ1n) is 17.0. The highest BCUT2D eigenvalue weighted by Gasteiger charge is 2.50. The van der Waals surface area contributed by atoms with Crippen molar-refractivity contribution in [1.29, 1.82) is 0 Å². The number of phosphoric acid groups is 3. The van der Waals surface area contributed by atoms with Crippen LogP contribution >= 0.6 is 35.2 Å². The highest BCUT2D eigenvalue weighted by Crippen LogP contribution is 2.61. The van der Waals surface area contributed by atoms with E-state index in [1.807, 2.05) is 0 Å². The van der Waals surface area contributed by atoms with Gasteiger partial charge in [0.05, 0.1) is 25.3 Å². The smallest absolute Gasteiger partial charge is 0.387 e. The standard InChI is InChI=1S/C27H48N9O17P3S/c1-27(2,22(40)25(41)32-8-5-17(37)31-9-10-57-12-18(38)30-7-4-3-6-28)13-50-56(47,48)53-55(45,46)49-11-16-20(39)21(52-54(42,43)44)26(51-16)36-15-35-19-23(29)33-14-34-24(19)36/h14-16,20-22,26,39-40H,3-13,28H2,1-2H3,(H,30,38)(H,31,37)(H,32,41)(H,45,46)(H,47,48)(H2,29,33,34)(H2,42,43,44)/t16-,20-,21-,22+,26-/m1/s1. The molecule has 0 aromatic carbocycles. The Balaban J connectivity index is 1.44. The number of carbonyl (C=O) groups is 3. The summed E-state index contributed by atoms with van der Waals surface area (Å²) in [5.74, 6) is -0.885. The highest BCUT2D eigenvalue weighted by molar-refractivity contribution is 7.99. The molecule has 7 atom stereocenters. The number of hydrogen-bond donors (Lipinski definition) is 11. The van der Waals surface area contributed by atoms with Crippen LogP contribution in [0.4, 0.5) is 5.82 Å². The molecular weight excluding hydrogens is 847 g/mol. The van der Waals surface area contributed by atoms with Crippen LogP contribution in [-0.2, 0) is 50.7 Å². The maximum Gasteiger partial charge on any atom is 0.481 e. The third-order valence-electron chi connectivity index (χ3n) is 7.84. The third-order valence-corrected chi connectivity index (χ3v) is 11.9. The second kappa shape index (κ2) is 21.5. The highest BCUT2D eigenvalue weighted by atomic mass is 32.2. The van der Waals surface area contributed by atoms with Crippen LogP contribution in [0.3, 0.4) is 0 Å². The summed E-state index contributed by atoms with van der Waals surface area (Å²) >= 11 is 1.32. The van der Waals surface area contributed by atoms with Crippen molar-refractivity contribution in [3.8, 4) is 0 Å². The van der Waals surface area contributed by atoms with Crippen molar-refractivity contribution in [1.82, 2.24) is 35.5 Å². The summed E-state index contributed by atoms with van der Waals surface area (Å²) in [6, 6.07) is 0. The quantitative estimate of drug-likeness (QED) is 0.0379. The number of phosphoric ester groups is 3. The van der Waals surface area contributed by atoms with Gasteiger partial charge in [0.25, 0.3) is 0 Å². The zero-order valence-corrected chi connectivity index (χ0v) is 34.2. The summed E-state index contributed by atoms with van der Waals surface area (Å²) in [5.41, 5.74) is 9.62. The predicted molar refractivity (Wildman–Crippen MR) is 198 cm³/mol. The first kappa shape index (κ1) is 48.7. The minimum Gasteiger partial charge on any atom is -0.387 e. The van der Waals surface area contributed by atoms with Crippen molar-refractivity contribution >= 4 is 69.9 Å². The van der Waals surface area contributed by atoms with Crippen molar-refractivity contribution in [2.75, 3.05) is 56.6 Å². The van der Waals surface area contributed by atoms with Crippen LogP contribution in [0.15, 0.2) is 12.7 Å². The number of aliphatic hydroxyl groups is 2. The zero-order valence-electron chi connectivity index (χ0n) is 30.7. The number of nitrogens with two attached hydrogens (primary N) is 2. The Morgan fingerprint density at radius 1 is 1.00 bits per heavy atom. The molecule has 2 aromatic rings. The van der Waals surface area contributed by atoms with E-state index in [1.54, 1.807) is 0 Å². The van der Waals surface area contributed by atoms with Gasteiger partial charge in [-0.1, -0.05) is 13.8 Å². The lowest BCUT2D eigenvalue weighted by Gasteiger charge is -2.30. The van der Waals surface area contributed by atoms with Gasteiger partial charge in [-0.15, -0.1) is 0 Å². The molecule has 3 heterocycles. The molecule has 1 aliphatic heterocycles. The summed E-state index contributed by atoms with van der Waals surface area (Å²) in [6.45, 7) is 1.72. The molecule has 1 aliphatic rings. The van der Waals surface area contributed by atoms with E-state index < -0.39 is 84.6 Å². The van der Waals surface area contributed by atoms with E-state index in [4.69, 9.17) is 29.8 Å². The van der Waals surface area contributed by atoms with E-state index in [1.165, 1.54) is 25.6 Å². The molecule has 13 N–H and O–H groups in total. The van der Waals surface area contributed by atoms with Gasteiger partial charge < -0.3 is 61.9 Å². The molecule has 0 aliphatic carbocycles. The molecule has 0 radical (unpaired) electrons. The fourth-order valence-corrected chi connectivity index (χ4v) is 8.37. The minimum absolute atomic E-state index is 0.000450. The Morgan fingerprint density at radius 2 is 1.68 bits per heavy atom. The lowest BCUT2D eigenvalue weighted by Crippen LogP contribution is -2.46. The van der Waals surface area contributed by atoms with E-state index in [2.05, 4.69) is 35.2 Å². The van der Waals surface area contributed by atoms with Gasteiger partial charge in [0.15, 0.2) is 17.7 Å². The number of nitrogens with one attached hydrogen (secondary N) is 3. The van der Waals surface area contributed by atoms with Crippen molar-refractivity contribution in [2.45, 2.75) is 63.8 Å². The number of anilines is 1. The number of rotatable bonds is 25. The predicted octanol–water partition coefficient (Wildman–Crippen LogP) is -2.01. The number of ether oxygens (including phenoxy) is 1. The number of unbranched alkanes of at least 4 members (excludes halogenated alkanes) is 1. The number of carbonyl (C=O) groups excluding carboxylic acids is 3. The van der Waals surface area contributed by atoms with Gasteiger partial charge in [0.1, 0.15) is 36.3 Å². The van der Waals surface area contributed by atoms with E-state index in [-0.39, 0.29) is 48.2 Å². The van der Waals surface area contributed by atoms with Crippen LogP contribution in [-0.4, -0.2) is 142 Å². The SMILES string of the molecule is CC(C)(COP(=O)(O)OP(=O)(O)OC[C@H]1O[C@@H](n2cnc3c(N)ncnc32)[C@H](OP(=O)(O)O)[C@@H]1O)[C@@H](O)C(=O)NCCC(=O)NCCSCC(=O)NCCCCN. The number of nitrogens with zero attached hydrogens (tertiary/aromatic N) is 4. The van der Waals surface area contributed by atoms with Crippen LogP contribution in [0.1, 0.15) is 39.3 Å². The van der Waals surface area contributed by atoms with E-state index in [9.17, 15) is 57.9 Å². The molecule has 324 valence electrons. The molecule has 30 heteroatoms. The summed E-state index contributed by atoms with van der Waals surface area (Å²) < 4.78 is 62.1. The summed E-state index contributed by atoms with van der Waals surface area (Å²) in [4.78, 5) is 87.3. The Bertz CT molecular complexity index is 1820. The number of aliphatic hydroxyl groups excluding tert-OH is 2. The first-order chi connectivity index (χ1) is 26.6. The third kappa shape index (κ3) is 15.8. The molecule has 2 aromatic heterocycles. The Kier molecular flexibility index (Phi) is 18.4. The number of aromatic nitrogens is 4. The largest absolute Gasteiger partial charge is 0.481 e. The molecule has 1 fully saturated rings. The van der Waals surface area contributed by atoms with Gasteiger partial charge in [-0.2, -0.15) is 16.1 Å². The number of nitrogen functional groups attached to an aromatic ring is 1. The molecule has 3 rings (SSSR count). The van der Waals surface area contributed by atoms with Crippen molar-refractivity contribution < 1.29 is 80.5 Å². The molecule has 0 saturated carbocycles. The topological polar surface area (TPSA) is 402 Å². The van der Waals surface area contributed by atoms with E-state index in [0.29, 0.717) is 18.8 Å². The minimum atomic E-state index is -5.53. The molecule has 57 heavy (non-hydrogen) atoms. The Hall–Kier alpha value is -2.68. The fraction of sp³-hybridized carbons (Fsp3) is 0.704. The van der Waals surface area contributed by atoms with Gasteiger partial charge in [-0.25, -0.2) is 28.6 Å². The van der Waals surface area contributed by atoms with Crippen molar-refractivity contribution in [3.63, 3.8) is 0 Å². The number of hydrogen-bond acceptors (Lipinski definition) is 19. The summed E-state index contributed by atoms with van der Waals surface area (Å²) in [7, 11) is -16.3. The second-order valence-electron chi connectivity index (χ2n) is 13.0. The van der Waals surface area contributed by atoms with Crippen LogP contribution in [0, 0.1) is 5.41 Å². The van der Waals surface area contributed by atoms with Crippen LogP contribution in [0.2, 0.25) is 0 Å². The van der Waals surface area contributed by atoms with Crippen LogP contribution in [0.5, 0.6) is 0 Å². The maximum absolute atomic E-state index is 12.6. The van der Waals surface area contributed by atoms with Gasteiger partial charge in [0.2, 0.25) is 17.7 Å². The molecule has 0 bridgehead atoms. The normalized spacial score (nSPS) is 21.4. The lowest BCUT2D eigenvalue weighted by molar-refractivity contribution is -0.137. The number of imidazole rings is 1. The summed E-state index contributed by atoms with van der Waals surface area (Å²) in [6.07, 6.45) is -5.33.